The van der Waals surface area contributed by atoms with Crippen LogP contribution in [0.2, 0.25) is 0 Å². The molecule has 1 saturated heterocycles. The fourth-order valence-electron chi connectivity index (χ4n) is 3.32. The maximum Gasteiger partial charge on any atom is 0.229 e. The van der Waals surface area contributed by atoms with Gasteiger partial charge in [0.05, 0.1) is 11.6 Å². The minimum Gasteiger partial charge on any atom is -0.341 e. The van der Waals surface area contributed by atoms with E-state index in [2.05, 4.69) is 47.4 Å². The highest BCUT2D eigenvalue weighted by Crippen LogP contribution is 2.28. The molecule has 3 heterocycles. The Hall–Kier alpha value is -2.63. The monoisotopic (exact) mass is 336 g/mol. The minimum absolute atomic E-state index is 0.779. The van der Waals surface area contributed by atoms with Crippen molar-refractivity contribution in [3.8, 4) is 0 Å². The van der Waals surface area contributed by atoms with Crippen molar-refractivity contribution in [2.45, 2.75) is 26.7 Å². The van der Waals surface area contributed by atoms with Crippen LogP contribution in [0.25, 0.3) is 11.0 Å². The summed E-state index contributed by atoms with van der Waals surface area (Å²) in [6.45, 7) is 6.42. The normalized spacial score (nSPS) is 15.7. The van der Waals surface area contributed by atoms with Crippen molar-refractivity contribution < 1.29 is 0 Å². The predicted molar refractivity (Wildman–Crippen MR) is 101 cm³/mol. The number of benzene rings is 1. The predicted octanol–water partition coefficient (Wildman–Crippen LogP) is 3.65. The summed E-state index contributed by atoms with van der Waals surface area (Å²) in [7, 11) is 1.92. The molecule has 1 aliphatic rings. The molecule has 1 aromatic carbocycles. The number of rotatable bonds is 3. The van der Waals surface area contributed by atoms with E-state index in [0.29, 0.717) is 0 Å². The molecule has 4 rings (SSSR count). The van der Waals surface area contributed by atoms with Crippen LogP contribution in [0.1, 0.15) is 25.3 Å². The fourth-order valence-corrected chi connectivity index (χ4v) is 3.32. The van der Waals surface area contributed by atoms with Crippen LogP contribution in [0.3, 0.4) is 0 Å². The average Bonchev–Trinajstić information content (AvgIpc) is 2.97. The van der Waals surface area contributed by atoms with Gasteiger partial charge in [0.15, 0.2) is 5.65 Å². The van der Waals surface area contributed by atoms with Crippen LogP contribution in [-0.2, 0) is 7.05 Å². The molecule has 25 heavy (non-hydrogen) atoms. The third-order valence-corrected chi connectivity index (χ3v) is 4.93. The summed E-state index contributed by atoms with van der Waals surface area (Å²) in [5.74, 6) is 2.39. The number of hydrogen-bond donors (Lipinski definition) is 1. The SMILES string of the molecule is Cc1cccc(Nc2nc(N3CCC(C)CC3)nc3c2cnn3C)c1. The zero-order valence-corrected chi connectivity index (χ0v) is 15.0. The van der Waals surface area contributed by atoms with Crippen molar-refractivity contribution in [3.63, 3.8) is 0 Å². The van der Waals surface area contributed by atoms with Gasteiger partial charge in [0, 0.05) is 25.8 Å². The van der Waals surface area contributed by atoms with Crippen molar-refractivity contribution >= 4 is 28.5 Å². The Bertz CT molecular complexity index is 892. The van der Waals surface area contributed by atoms with Gasteiger partial charge < -0.3 is 10.2 Å². The van der Waals surface area contributed by atoms with Crippen LogP contribution in [0.15, 0.2) is 30.5 Å². The van der Waals surface area contributed by atoms with Gasteiger partial charge in [0.2, 0.25) is 5.95 Å². The van der Waals surface area contributed by atoms with Crippen LogP contribution in [0.4, 0.5) is 17.5 Å². The fraction of sp³-hybridized carbons (Fsp3) is 0.421. The van der Waals surface area contributed by atoms with Crippen molar-refractivity contribution in [2.24, 2.45) is 13.0 Å². The van der Waals surface area contributed by atoms with E-state index in [9.17, 15) is 0 Å². The Morgan fingerprint density at radius 3 is 2.72 bits per heavy atom. The number of piperidine rings is 1. The maximum absolute atomic E-state index is 4.84. The second-order valence-electron chi connectivity index (χ2n) is 7.04. The molecule has 0 spiro atoms. The zero-order valence-electron chi connectivity index (χ0n) is 15.0. The van der Waals surface area contributed by atoms with Crippen LogP contribution < -0.4 is 10.2 Å². The number of fused-ring (bicyclic) bond motifs is 1. The largest absolute Gasteiger partial charge is 0.341 e. The quantitative estimate of drug-likeness (QED) is 0.791. The first kappa shape index (κ1) is 15.9. The van der Waals surface area contributed by atoms with Crippen LogP contribution in [0, 0.1) is 12.8 Å². The summed E-state index contributed by atoms with van der Waals surface area (Å²) in [6.07, 6.45) is 4.20. The molecule has 3 aromatic rings. The second kappa shape index (κ2) is 6.35. The molecule has 0 aliphatic carbocycles. The van der Waals surface area contributed by atoms with Crippen molar-refractivity contribution in [1.29, 1.82) is 0 Å². The summed E-state index contributed by atoms with van der Waals surface area (Å²) in [5.41, 5.74) is 3.10. The molecule has 0 radical (unpaired) electrons. The molecule has 1 aliphatic heterocycles. The number of aryl methyl sites for hydroxylation is 2. The third-order valence-electron chi connectivity index (χ3n) is 4.93. The number of hydrogen-bond acceptors (Lipinski definition) is 5. The Balaban J connectivity index is 1.74. The zero-order chi connectivity index (χ0) is 17.4. The molecule has 0 amide bonds. The molecular weight excluding hydrogens is 312 g/mol. The van der Waals surface area contributed by atoms with E-state index in [1.165, 1.54) is 18.4 Å². The Labute approximate surface area is 147 Å². The molecule has 6 heteroatoms. The highest BCUT2D eigenvalue weighted by molar-refractivity contribution is 5.89. The van der Waals surface area contributed by atoms with Gasteiger partial charge in [-0.15, -0.1) is 0 Å². The first-order chi connectivity index (χ1) is 12.1. The Kier molecular flexibility index (Phi) is 4.03. The van der Waals surface area contributed by atoms with E-state index in [1.807, 2.05) is 24.0 Å². The van der Waals surface area contributed by atoms with E-state index >= 15 is 0 Å². The molecule has 0 atom stereocenters. The topological polar surface area (TPSA) is 58.9 Å². The minimum atomic E-state index is 0.779. The van der Waals surface area contributed by atoms with Gasteiger partial charge in [-0.1, -0.05) is 19.1 Å². The number of aromatic nitrogens is 4. The van der Waals surface area contributed by atoms with Gasteiger partial charge in [-0.2, -0.15) is 15.1 Å². The van der Waals surface area contributed by atoms with Gasteiger partial charge in [-0.25, -0.2) is 0 Å². The lowest BCUT2D eigenvalue weighted by Crippen LogP contribution is -2.34. The molecule has 130 valence electrons. The third kappa shape index (κ3) is 3.16. The molecule has 0 bridgehead atoms. The molecular formula is C19H24N6. The summed E-state index contributed by atoms with van der Waals surface area (Å²) < 4.78 is 1.81. The molecule has 6 nitrogen and oxygen atoms in total. The standard InChI is InChI=1S/C19H24N6/c1-13-7-9-25(10-8-13)19-22-17(16-12-20-24(3)18(16)23-19)21-15-6-4-5-14(2)11-15/h4-6,11-13H,7-10H2,1-3H3,(H,21,22,23). The Morgan fingerprint density at radius 2 is 1.96 bits per heavy atom. The van der Waals surface area contributed by atoms with E-state index in [4.69, 9.17) is 9.97 Å². The van der Waals surface area contributed by atoms with Crippen LogP contribution in [0.5, 0.6) is 0 Å². The van der Waals surface area contributed by atoms with E-state index in [0.717, 1.165) is 47.5 Å². The summed E-state index contributed by atoms with van der Waals surface area (Å²) in [5, 5.41) is 8.77. The van der Waals surface area contributed by atoms with Crippen molar-refractivity contribution in [3.05, 3.63) is 36.0 Å². The Morgan fingerprint density at radius 1 is 1.16 bits per heavy atom. The van der Waals surface area contributed by atoms with Gasteiger partial charge in [0.1, 0.15) is 5.82 Å². The van der Waals surface area contributed by atoms with Gasteiger partial charge in [-0.05, 0) is 43.4 Å². The van der Waals surface area contributed by atoms with Gasteiger partial charge in [0.25, 0.3) is 0 Å². The molecule has 1 N–H and O–H groups in total. The van der Waals surface area contributed by atoms with E-state index in [1.54, 1.807) is 0 Å². The lowest BCUT2D eigenvalue weighted by Gasteiger charge is -2.30. The van der Waals surface area contributed by atoms with Crippen LogP contribution in [-0.4, -0.2) is 32.8 Å². The van der Waals surface area contributed by atoms with Crippen molar-refractivity contribution in [1.82, 2.24) is 19.7 Å². The van der Waals surface area contributed by atoms with E-state index < -0.39 is 0 Å². The second-order valence-corrected chi connectivity index (χ2v) is 7.04. The summed E-state index contributed by atoms with van der Waals surface area (Å²) in [6, 6.07) is 8.31. The summed E-state index contributed by atoms with van der Waals surface area (Å²) in [4.78, 5) is 11.9. The average molecular weight is 336 g/mol. The number of nitrogens with one attached hydrogen (secondary N) is 1. The van der Waals surface area contributed by atoms with Gasteiger partial charge >= 0.3 is 0 Å². The molecule has 1 fully saturated rings. The molecule has 0 saturated carbocycles. The van der Waals surface area contributed by atoms with Gasteiger partial charge in [-0.3, -0.25) is 4.68 Å². The number of anilines is 3. The van der Waals surface area contributed by atoms with Crippen LogP contribution >= 0.6 is 0 Å². The first-order valence-electron chi connectivity index (χ1n) is 8.88. The summed E-state index contributed by atoms with van der Waals surface area (Å²) >= 11 is 0. The maximum atomic E-state index is 4.84. The number of nitrogens with zero attached hydrogens (tertiary/aromatic N) is 5. The van der Waals surface area contributed by atoms with Crippen molar-refractivity contribution in [2.75, 3.05) is 23.3 Å². The highest BCUT2D eigenvalue weighted by atomic mass is 15.3. The van der Waals surface area contributed by atoms with E-state index in [-0.39, 0.29) is 0 Å². The first-order valence-corrected chi connectivity index (χ1v) is 8.88. The molecule has 2 aromatic heterocycles. The lowest BCUT2D eigenvalue weighted by molar-refractivity contribution is 0.434. The lowest BCUT2D eigenvalue weighted by atomic mass is 10.00. The molecule has 0 unspecified atom stereocenters. The smallest absolute Gasteiger partial charge is 0.229 e. The highest BCUT2D eigenvalue weighted by Gasteiger charge is 2.20.